The van der Waals surface area contributed by atoms with E-state index < -0.39 is 47.5 Å². The predicted molar refractivity (Wildman–Crippen MR) is 218 cm³/mol. The summed E-state index contributed by atoms with van der Waals surface area (Å²) in [4.78, 5) is 44.1. The van der Waals surface area contributed by atoms with Crippen LogP contribution < -0.4 is 0 Å². The molecule has 10 nitrogen and oxygen atoms in total. The summed E-state index contributed by atoms with van der Waals surface area (Å²) >= 11 is 0. The Morgan fingerprint density at radius 2 is 1.24 bits per heavy atom. The summed E-state index contributed by atoms with van der Waals surface area (Å²) < 4.78 is 38.3. The number of hydrogen-bond acceptors (Lipinski definition) is 9. The highest BCUT2D eigenvalue weighted by Gasteiger charge is 2.59. The quantitative estimate of drug-likeness (QED) is 0.0768. The summed E-state index contributed by atoms with van der Waals surface area (Å²) in [6.07, 6.45) is -0.670. The first-order chi connectivity index (χ1) is 25.7. The van der Waals surface area contributed by atoms with Gasteiger partial charge in [-0.05, 0) is 116 Å². The molecule has 2 atom stereocenters. The Hall–Kier alpha value is -3.98. The molecule has 0 saturated carbocycles. The van der Waals surface area contributed by atoms with Gasteiger partial charge < -0.3 is 18.7 Å². The second-order valence-corrected chi connectivity index (χ2v) is 20.1. The van der Waals surface area contributed by atoms with E-state index >= 15 is 4.57 Å². The molecular formula is C44H61N2O8P. The number of esters is 1. The van der Waals surface area contributed by atoms with Crippen molar-refractivity contribution in [3.05, 3.63) is 84.4 Å². The van der Waals surface area contributed by atoms with E-state index in [1.807, 2.05) is 42.5 Å². The van der Waals surface area contributed by atoms with Crippen molar-refractivity contribution in [2.24, 2.45) is 0 Å². The Morgan fingerprint density at radius 3 is 1.80 bits per heavy atom. The summed E-state index contributed by atoms with van der Waals surface area (Å²) in [6.45, 7) is 18.8. The Morgan fingerprint density at radius 1 is 0.709 bits per heavy atom. The molecule has 55 heavy (non-hydrogen) atoms. The van der Waals surface area contributed by atoms with Gasteiger partial charge in [0.25, 0.3) is 0 Å². The monoisotopic (exact) mass is 776 g/mol. The lowest BCUT2D eigenvalue weighted by atomic mass is 9.91. The summed E-state index contributed by atoms with van der Waals surface area (Å²) in [5.41, 5.74) is 2.96. The Bertz CT molecular complexity index is 1800. The third kappa shape index (κ3) is 11.8. The van der Waals surface area contributed by atoms with Crippen molar-refractivity contribution >= 4 is 25.5 Å². The molecule has 300 valence electrons. The van der Waals surface area contributed by atoms with Crippen LogP contribution in [0.25, 0.3) is 22.3 Å². The highest BCUT2D eigenvalue weighted by atomic mass is 31.2. The molecule has 11 heteroatoms. The van der Waals surface area contributed by atoms with Crippen LogP contribution in [0, 0.1) is 0 Å². The maximum absolute atomic E-state index is 15.1. The second-order valence-electron chi connectivity index (χ2n) is 17.2. The number of carbonyl (C=O) groups excluding carboxylic acids is 3. The van der Waals surface area contributed by atoms with Crippen LogP contribution in [0.1, 0.15) is 94.1 Å². The van der Waals surface area contributed by atoms with Gasteiger partial charge in [-0.15, -0.1) is 0 Å². The summed E-state index contributed by atoms with van der Waals surface area (Å²) in [5, 5.41) is -1.49. The minimum atomic E-state index is -3.63. The average Bonchev–Trinajstić information content (AvgIpc) is 3.08. The number of imide groups is 1. The van der Waals surface area contributed by atoms with Gasteiger partial charge in [-0.2, -0.15) is 0 Å². The normalized spacial score (nSPS) is 19.4. The van der Waals surface area contributed by atoms with Crippen molar-refractivity contribution in [2.45, 2.75) is 117 Å². The third-order valence-electron chi connectivity index (χ3n) is 9.13. The molecular weight excluding hydrogens is 715 g/mol. The lowest BCUT2D eigenvalue weighted by molar-refractivity contribution is -0.160. The Kier molecular flexibility index (Phi) is 14.2. The van der Waals surface area contributed by atoms with Crippen LogP contribution in [0.2, 0.25) is 0 Å². The standard InChI is InChI=1S/C44H61N2O8P/c1-11-51-55(50)30-29-45(31-34-23-15-16-25-36(34)37-26-18-17-24-35(37)33-21-13-12-14-22-33)32-44(55,38(47)52-41(2,3)4)27-19-20-28-46(39(48)53-42(5,6)7)40(49)54-43(8,9)10/h12-18,21-26H,11,19-20,27-32H2,1-10H3. The lowest BCUT2D eigenvalue weighted by Gasteiger charge is -2.46. The molecule has 0 aliphatic carbocycles. The SMILES string of the molecule is CCOP1(=O)CCN(Cc2ccccc2-c2ccccc2-c2ccccc2)CC1(CCCCN(C(=O)OC(C)(C)C)C(=O)OC(C)(C)C)C(=O)OC(C)(C)C. The largest absolute Gasteiger partial charge is 0.459 e. The van der Waals surface area contributed by atoms with Crippen molar-refractivity contribution < 1.29 is 37.7 Å². The van der Waals surface area contributed by atoms with E-state index in [4.69, 9.17) is 18.7 Å². The molecule has 1 aliphatic heterocycles. The van der Waals surface area contributed by atoms with Crippen molar-refractivity contribution in [3.8, 4) is 22.3 Å². The molecule has 0 bridgehead atoms. The Balaban J connectivity index is 1.67. The van der Waals surface area contributed by atoms with Gasteiger partial charge in [0, 0.05) is 32.3 Å². The number of rotatable bonds is 12. The molecule has 3 aromatic carbocycles. The zero-order valence-electron chi connectivity index (χ0n) is 34.5. The minimum absolute atomic E-state index is 0.0227. The zero-order valence-corrected chi connectivity index (χ0v) is 35.4. The van der Waals surface area contributed by atoms with Gasteiger partial charge in [0.1, 0.15) is 16.8 Å². The number of hydrogen-bond donors (Lipinski definition) is 0. The first-order valence-electron chi connectivity index (χ1n) is 19.3. The molecule has 4 rings (SSSR count). The number of amides is 2. The van der Waals surface area contributed by atoms with E-state index in [0.29, 0.717) is 25.9 Å². The Labute approximate surface area is 328 Å². The van der Waals surface area contributed by atoms with Crippen molar-refractivity contribution in [1.82, 2.24) is 9.80 Å². The van der Waals surface area contributed by atoms with Crippen LogP contribution in [0.3, 0.4) is 0 Å². The molecule has 1 heterocycles. The van der Waals surface area contributed by atoms with E-state index in [-0.39, 0.29) is 32.3 Å². The average molecular weight is 777 g/mol. The van der Waals surface area contributed by atoms with Gasteiger partial charge >= 0.3 is 18.2 Å². The second kappa shape index (κ2) is 17.9. The number of benzene rings is 3. The summed E-state index contributed by atoms with van der Waals surface area (Å²) in [7, 11) is -3.63. The van der Waals surface area contributed by atoms with E-state index in [2.05, 4.69) is 41.3 Å². The molecule has 1 fully saturated rings. The van der Waals surface area contributed by atoms with E-state index in [0.717, 1.165) is 32.7 Å². The first-order valence-corrected chi connectivity index (χ1v) is 21.1. The van der Waals surface area contributed by atoms with Crippen LogP contribution in [0.4, 0.5) is 9.59 Å². The van der Waals surface area contributed by atoms with Gasteiger partial charge in [0.15, 0.2) is 5.16 Å². The fraction of sp³-hybridized carbons (Fsp3) is 0.523. The van der Waals surface area contributed by atoms with E-state index in [1.165, 1.54) is 0 Å². The smallest absolute Gasteiger partial charge is 0.419 e. The fourth-order valence-corrected chi connectivity index (χ4v) is 9.84. The van der Waals surface area contributed by atoms with Crippen LogP contribution in [-0.2, 0) is 34.6 Å². The summed E-state index contributed by atoms with van der Waals surface area (Å²) in [5.74, 6) is -0.569. The van der Waals surface area contributed by atoms with E-state index in [1.54, 1.807) is 69.2 Å². The number of carbonyl (C=O) groups is 3. The molecule has 2 amide bonds. The van der Waals surface area contributed by atoms with Crippen LogP contribution >= 0.6 is 7.37 Å². The van der Waals surface area contributed by atoms with Crippen molar-refractivity contribution in [1.29, 1.82) is 0 Å². The van der Waals surface area contributed by atoms with Gasteiger partial charge in [-0.3, -0.25) is 14.3 Å². The van der Waals surface area contributed by atoms with Crippen LogP contribution in [-0.4, -0.2) is 82.3 Å². The molecule has 3 aromatic rings. The lowest BCUT2D eigenvalue weighted by Crippen LogP contribution is -2.56. The zero-order chi connectivity index (χ0) is 40.7. The minimum Gasteiger partial charge on any atom is -0.459 e. The summed E-state index contributed by atoms with van der Waals surface area (Å²) in [6, 6.07) is 26.9. The predicted octanol–water partition coefficient (Wildman–Crippen LogP) is 10.6. The van der Waals surface area contributed by atoms with Crippen molar-refractivity contribution in [3.63, 3.8) is 0 Å². The maximum atomic E-state index is 15.1. The van der Waals surface area contributed by atoms with Gasteiger partial charge in [-0.25, -0.2) is 14.5 Å². The van der Waals surface area contributed by atoms with E-state index in [9.17, 15) is 14.4 Å². The molecule has 0 radical (unpaired) electrons. The van der Waals surface area contributed by atoms with Crippen LogP contribution in [0.5, 0.6) is 0 Å². The van der Waals surface area contributed by atoms with Crippen LogP contribution in [0.15, 0.2) is 78.9 Å². The topological polar surface area (TPSA) is 112 Å². The number of unbranched alkanes of at least 4 members (excludes halogenated alkanes) is 1. The number of nitrogens with zero attached hydrogens (tertiary/aromatic N) is 2. The first kappa shape index (κ1) is 43.7. The van der Waals surface area contributed by atoms with Crippen molar-refractivity contribution in [2.75, 3.05) is 32.4 Å². The number of ether oxygens (including phenoxy) is 3. The molecule has 0 aromatic heterocycles. The molecule has 1 aliphatic rings. The fourth-order valence-electron chi connectivity index (χ4n) is 6.83. The molecule has 0 spiro atoms. The molecule has 1 saturated heterocycles. The highest BCUT2D eigenvalue weighted by molar-refractivity contribution is 7.62. The van der Waals surface area contributed by atoms with Gasteiger partial charge in [-0.1, -0.05) is 78.9 Å². The third-order valence-corrected chi connectivity index (χ3v) is 12.4. The highest BCUT2D eigenvalue weighted by Crippen LogP contribution is 2.64. The molecule has 0 N–H and O–H groups in total. The maximum Gasteiger partial charge on any atom is 0.419 e. The van der Waals surface area contributed by atoms with Gasteiger partial charge in [0.05, 0.1) is 6.61 Å². The molecule has 2 unspecified atom stereocenters. The van der Waals surface area contributed by atoms with Gasteiger partial charge in [0.2, 0.25) is 7.37 Å².